The summed E-state index contributed by atoms with van der Waals surface area (Å²) in [6.45, 7) is 2.90. The van der Waals surface area contributed by atoms with Crippen LogP contribution < -0.4 is 5.32 Å². The van der Waals surface area contributed by atoms with E-state index in [0.717, 1.165) is 0 Å². The third-order valence-corrected chi connectivity index (χ3v) is 3.25. The maximum atomic E-state index is 11.3. The Bertz CT molecular complexity index is 333. The second-order valence-corrected chi connectivity index (χ2v) is 5.73. The Labute approximate surface area is 88.6 Å². The van der Waals surface area contributed by atoms with Gasteiger partial charge in [0.25, 0.3) is 0 Å². The molecule has 2 N–H and O–H groups in total. The summed E-state index contributed by atoms with van der Waals surface area (Å²) in [5.74, 6) is -2.77. The van der Waals surface area contributed by atoms with Crippen molar-refractivity contribution in [3.63, 3.8) is 0 Å². The lowest BCUT2D eigenvalue weighted by atomic mass is 10.3. The Morgan fingerprint density at radius 1 is 1.33 bits per heavy atom. The van der Waals surface area contributed by atoms with Gasteiger partial charge in [-0.2, -0.15) is 0 Å². The van der Waals surface area contributed by atoms with Crippen LogP contribution in [0.5, 0.6) is 0 Å². The van der Waals surface area contributed by atoms with Gasteiger partial charge >= 0.3 is 5.97 Å². The Hall–Kier alpha value is -1.11. The molecule has 0 bridgehead atoms. The highest BCUT2D eigenvalue weighted by atomic mass is 32.2. The molecule has 0 aliphatic rings. The minimum absolute atomic E-state index is 0.0535. The summed E-state index contributed by atoms with van der Waals surface area (Å²) in [6.07, 6.45) is 0. The number of carbonyl (C=O) groups excluding carboxylic acids is 1. The summed E-state index contributed by atoms with van der Waals surface area (Å²) in [7, 11) is -3.43. The van der Waals surface area contributed by atoms with E-state index in [9.17, 15) is 18.0 Å². The van der Waals surface area contributed by atoms with Crippen molar-refractivity contribution >= 4 is 21.7 Å². The number of nitrogens with one attached hydrogen (secondary N) is 1. The van der Waals surface area contributed by atoms with E-state index in [1.165, 1.54) is 0 Å². The lowest BCUT2D eigenvalue weighted by Crippen LogP contribution is -2.35. The standard InChI is InChI=1S/C8H15NO5S/c1-6(2)4-15(13,14)5-7(10)9-3-8(11)12/h6H,3-5H2,1-2H3,(H,9,10)(H,11,12). The van der Waals surface area contributed by atoms with E-state index in [2.05, 4.69) is 0 Å². The van der Waals surface area contributed by atoms with Crippen LogP contribution in [0.15, 0.2) is 0 Å². The first-order valence-electron chi connectivity index (χ1n) is 4.42. The average Bonchev–Trinajstić information content (AvgIpc) is 1.96. The largest absolute Gasteiger partial charge is 0.480 e. The number of sulfone groups is 1. The third-order valence-electron chi connectivity index (χ3n) is 1.38. The van der Waals surface area contributed by atoms with Gasteiger partial charge < -0.3 is 10.4 Å². The van der Waals surface area contributed by atoms with Crippen LogP contribution >= 0.6 is 0 Å². The maximum absolute atomic E-state index is 11.3. The van der Waals surface area contributed by atoms with Gasteiger partial charge in [-0.15, -0.1) is 0 Å². The molecule has 0 rings (SSSR count). The molecule has 88 valence electrons. The molecule has 6 nitrogen and oxygen atoms in total. The van der Waals surface area contributed by atoms with E-state index in [4.69, 9.17) is 5.11 Å². The molecule has 15 heavy (non-hydrogen) atoms. The van der Waals surface area contributed by atoms with Crippen molar-refractivity contribution in [3.05, 3.63) is 0 Å². The van der Waals surface area contributed by atoms with Gasteiger partial charge in [0, 0.05) is 0 Å². The van der Waals surface area contributed by atoms with Crippen molar-refractivity contribution in [3.8, 4) is 0 Å². The van der Waals surface area contributed by atoms with Gasteiger partial charge in [-0.1, -0.05) is 13.8 Å². The lowest BCUT2D eigenvalue weighted by molar-refractivity contribution is -0.137. The minimum Gasteiger partial charge on any atom is -0.480 e. The van der Waals surface area contributed by atoms with Crippen molar-refractivity contribution in [1.82, 2.24) is 5.32 Å². The summed E-state index contributed by atoms with van der Waals surface area (Å²) in [6, 6.07) is 0. The highest BCUT2D eigenvalue weighted by Crippen LogP contribution is 2.00. The van der Waals surface area contributed by atoms with E-state index in [0.29, 0.717) is 0 Å². The topological polar surface area (TPSA) is 101 Å². The predicted molar refractivity (Wildman–Crippen MR) is 54.1 cm³/mol. The van der Waals surface area contributed by atoms with Crippen LogP contribution in [0.3, 0.4) is 0 Å². The molecule has 0 aromatic carbocycles. The zero-order valence-corrected chi connectivity index (χ0v) is 9.50. The molecule has 0 atom stereocenters. The normalized spacial score (nSPS) is 11.4. The molecule has 0 fully saturated rings. The van der Waals surface area contributed by atoms with Gasteiger partial charge in [0.2, 0.25) is 5.91 Å². The Morgan fingerprint density at radius 3 is 2.27 bits per heavy atom. The van der Waals surface area contributed by atoms with Crippen LogP contribution in [0.25, 0.3) is 0 Å². The quantitative estimate of drug-likeness (QED) is 0.633. The van der Waals surface area contributed by atoms with E-state index in [1.807, 2.05) is 5.32 Å². The summed E-state index contributed by atoms with van der Waals surface area (Å²) in [5, 5.41) is 10.2. The summed E-state index contributed by atoms with van der Waals surface area (Å²) >= 11 is 0. The Kier molecular flexibility index (Phi) is 5.27. The fraction of sp³-hybridized carbons (Fsp3) is 0.750. The van der Waals surface area contributed by atoms with Gasteiger partial charge in [0.15, 0.2) is 9.84 Å². The SMILES string of the molecule is CC(C)CS(=O)(=O)CC(=O)NCC(=O)O. The predicted octanol–water partition coefficient (Wildman–Crippen LogP) is -0.742. The van der Waals surface area contributed by atoms with Crippen LogP contribution in [0.1, 0.15) is 13.8 Å². The highest BCUT2D eigenvalue weighted by molar-refractivity contribution is 7.92. The van der Waals surface area contributed by atoms with Crippen LogP contribution in [0, 0.1) is 5.92 Å². The molecule has 0 unspecified atom stereocenters. The number of hydrogen-bond acceptors (Lipinski definition) is 4. The molecule has 0 saturated carbocycles. The minimum atomic E-state index is -3.43. The number of carboxylic acid groups (broad SMARTS) is 1. The summed E-state index contributed by atoms with van der Waals surface area (Å²) in [5.41, 5.74) is 0. The third kappa shape index (κ3) is 7.92. The van der Waals surface area contributed by atoms with Crippen molar-refractivity contribution < 1.29 is 23.1 Å². The van der Waals surface area contributed by atoms with Gasteiger partial charge in [-0.3, -0.25) is 9.59 Å². The Morgan fingerprint density at radius 2 is 1.87 bits per heavy atom. The molecule has 0 radical (unpaired) electrons. The first-order chi connectivity index (χ1) is 6.73. The molecule has 7 heteroatoms. The lowest BCUT2D eigenvalue weighted by Gasteiger charge is -2.06. The average molecular weight is 237 g/mol. The van der Waals surface area contributed by atoms with E-state index < -0.39 is 34.0 Å². The maximum Gasteiger partial charge on any atom is 0.322 e. The zero-order valence-electron chi connectivity index (χ0n) is 8.69. The Balaban J connectivity index is 4.11. The number of carboxylic acids is 1. The summed E-state index contributed by atoms with van der Waals surface area (Å²) in [4.78, 5) is 21.1. The number of amides is 1. The molecule has 1 amide bonds. The van der Waals surface area contributed by atoms with Crippen LogP contribution in [0.4, 0.5) is 0 Å². The number of carbonyl (C=O) groups is 2. The second kappa shape index (κ2) is 5.69. The fourth-order valence-electron chi connectivity index (χ4n) is 0.992. The molecular weight excluding hydrogens is 222 g/mol. The van der Waals surface area contributed by atoms with Crippen molar-refractivity contribution in [2.75, 3.05) is 18.1 Å². The molecule has 0 aromatic heterocycles. The van der Waals surface area contributed by atoms with Crippen LogP contribution in [-0.4, -0.2) is 43.5 Å². The van der Waals surface area contributed by atoms with Crippen LogP contribution in [0.2, 0.25) is 0 Å². The molecule has 0 saturated heterocycles. The summed E-state index contributed by atoms with van der Waals surface area (Å²) < 4.78 is 22.6. The molecular formula is C8H15NO5S. The molecule has 0 heterocycles. The smallest absolute Gasteiger partial charge is 0.322 e. The van der Waals surface area contributed by atoms with Gasteiger partial charge in [-0.05, 0) is 5.92 Å². The van der Waals surface area contributed by atoms with E-state index in [1.54, 1.807) is 13.8 Å². The van der Waals surface area contributed by atoms with Gasteiger partial charge in [-0.25, -0.2) is 8.42 Å². The van der Waals surface area contributed by atoms with E-state index in [-0.39, 0.29) is 11.7 Å². The van der Waals surface area contributed by atoms with E-state index >= 15 is 0 Å². The molecule has 0 spiro atoms. The number of hydrogen-bond donors (Lipinski definition) is 2. The molecule has 0 aliphatic carbocycles. The zero-order chi connectivity index (χ0) is 12.1. The first kappa shape index (κ1) is 13.9. The van der Waals surface area contributed by atoms with Crippen molar-refractivity contribution in [1.29, 1.82) is 0 Å². The highest BCUT2D eigenvalue weighted by Gasteiger charge is 2.18. The van der Waals surface area contributed by atoms with Crippen LogP contribution in [-0.2, 0) is 19.4 Å². The number of rotatable bonds is 6. The fourth-order valence-corrected chi connectivity index (χ4v) is 2.63. The number of aliphatic carboxylic acids is 1. The van der Waals surface area contributed by atoms with Crippen molar-refractivity contribution in [2.45, 2.75) is 13.8 Å². The first-order valence-corrected chi connectivity index (χ1v) is 6.24. The second-order valence-electron chi connectivity index (χ2n) is 3.62. The van der Waals surface area contributed by atoms with Gasteiger partial charge in [0.05, 0.1) is 5.75 Å². The molecule has 0 aromatic rings. The van der Waals surface area contributed by atoms with Gasteiger partial charge in [0.1, 0.15) is 12.3 Å². The molecule has 0 aliphatic heterocycles. The van der Waals surface area contributed by atoms with Crippen molar-refractivity contribution in [2.24, 2.45) is 5.92 Å². The monoisotopic (exact) mass is 237 g/mol.